The maximum Gasteiger partial charge on any atom is 0.421 e. The van der Waals surface area contributed by atoms with E-state index in [0.29, 0.717) is 5.92 Å². The first kappa shape index (κ1) is 16.6. The number of hydrogen-bond acceptors (Lipinski definition) is 2. The van der Waals surface area contributed by atoms with Gasteiger partial charge < -0.3 is 9.88 Å². The van der Waals surface area contributed by atoms with Crippen molar-refractivity contribution in [1.82, 2.24) is 9.88 Å². The van der Waals surface area contributed by atoms with Gasteiger partial charge in [-0.2, -0.15) is 13.2 Å². The molecule has 0 bridgehead atoms. The topological polar surface area (TPSA) is 51.1 Å². The molecule has 0 radical (unpaired) electrons. The molecule has 1 aromatic heterocycles. The molecular weight excluding hydrogens is 297 g/mol. The second-order valence-corrected chi connectivity index (χ2v) is 5.88. The Hall–Kier alpha value is -1.79. The van der Waals surface area contributed by atoms with E-state index in [1.807, 2.05) is 0 Å². The molecule has 1 N–H and O–H groups in total. The van der Waals surface area contributed by atoms with Crippen molar-refractivity contribution in [3.63, 3.8) is 0 Å². The third-order valence-electron chi connectivity index (χ3n) is 4.02. The van der Waals surface area contributed by atoms with Crippen LogP contribution in [0.15, 0.2) is 23.1 Å². The van der Waals surface area contributed by atoms with Gasteiger partial charge in [-0.05, 0) is 43.7 Å². The Morgan fingerprint density at radius 3 is 2.55 bits per heavy atom. The molecule has 7 heteroatoms. The van der Waals surface area contributed by atoms with E-state index in [4.69, 9.17) is 0 Å². The molecule has 1 heterocycles. The molecule has 0 atom stereocenters. The van der Waals surface area contributed by atoms with Gasteiger partial charge in [0.2, 0.25) is 5.91 Å². The molecule has 22 heavy (non-hydrogen) atoms. The van der Waals surface area contributed by atoms with E-state index >= 15 is 0 Å². The van der Waals surface area contributed by atoms with Gasteiger partial charge in [-0.1, -0.05) is 6.92 Å². The Morgan fingerprint density at radius 2 is 1.95 bits per heavy atom. The summed E-state index contributed by atoms with van der Waals surface area (Å²) in [6, 6.07) is 1.89. The number of hydrogen-bond donors (Lipinski definition) is 1. The van der Waals surface area contributed by atoms with Crippen LogP contribution in [0, 0.1) is 5.92 Å². The molecule has 1 fully saturated rings. The first-order chi connectivity index (χ1) is 10.3. The monoisotopic (exact) mass is 316 g/mol. The Bertz CT molecular complexity index is 587. The third-order valence-corrected chi connectivity index (χ3v) is 4.02. The maximum atomic E-state index is 12.7. The number of nitrogens with one attached hydrogen (secondary N) is 1. The number of aromatic nitrogens is 1. The highest BCUT2D eigenvalue weighted by molar-refractivity contribution is 5.76. The number of nitrogens with zero attached hydrogens (tertiary/aromatic N) is 1. The molecule has 1 aliphatic rings. The fourth-order valence-electron chi connectivity index (χ4n) is 2.71. The largest absolute Gasteiger partial charge is 0.421 e. The van der Waals surface area contributed by atoms with Gasteiger partial charge in [0.05, 0.1) is 0 Å². The maximum absolute atomic E-state index is 12.7. The van der Waals surface area contributed by atoms with Crippen LogP contribution in [0.25, 0.3) is 0 Å². The van der Waals surface area contributed by atoms with Gasteiger partial charge in [0, 0.05) is 12.2 Å². The molecule has 1 aliphatic carbocycles. The first-order valence-electron chi connectivity index (χ1n) is 7.33. The van der Waals surface area contributed by atoms with Crippen molar-refractivity contribution in [1.29, 1.82) is 0 Å². The predicted molar refractivity (Wildman–Crippen MR) is 75.3 cm³/mol. The smallest absolute Gasteiger partial charge is 0.352 e. The second-order valence-electron chi connectivity index (χ2n) is 5.88. The fraction of sp³-hybridized carbons (Fsp3) is 0.600. The van der Waals surface area contributed by atoms with Crippen LogP contribution in [0.2, 0.25) is 0 Å². The number of amides is 1. The van der Waals surface area contributed by atoms with Crippen molar-refractivity contribution in [3.05, 3.63) is 34.2 Å². The lowest BCUT2D eigenvalue weighted by Gasteiger charge is -2.27. The lowest BCUT2D eigenvalue weighted by molar-refractivity contribution is -0.139. The Labute approximate surface area is 126 Å². The SMILES string of the molecule is CC1CCC(NC(=O)Cn2cccc(C(F)(F)F)c2=O)CC1. The van der Waals surface area contributed by atoms with E-state index in [1.54, 1.807) is 0 Å². The highest BCUT2D eigenvalue weighted by atomic mass is 19.4. The quantitative estimate of drug-likeness (QED) is 0.932. The molecule has 1 aromatic rings. The molecule has 1 amide bonds. The average molecular weight is 316 g/mol. The summed E-state index contributed by atoms with van der Waals surface area (Å²) in [5.74, 6) is 0.209. The fourth-order valence-corrected chi connectivity index (χ4v) is 2.71. The van der Waals surface area contributed by atoms with Crippen LogP contribution in [0.5, 0.6) is 0 Å². The van der Waals surface area contributed by atoms with Crippen LogP contribution in [-0.4, -0.2) is 16.5 Å². The van der Waals surface area contributed by atoms with Gasteiger partial charge in [-0.3, -0.25) is 9.59 Å². The molecule has 2 rings (SSSR count). The van der Waals surface area contributed by atoms with Gasteiger partial charge in [0.25, 0.3) is 5.56 Å². The minimum absolute atomic E-state index is 0.0465. The summed E-state index contributed by atoms with van der Waals surface area (Å²) in [5.41, 5.74) is -2.45. The highest BCUT2D eigenvalue weighted by Crippen LogP contribution is 2.26. The van der Waals surface area contributed by atoms with Crippen LogP contribution in [0.3, 0.4) is 0 Å². The number of alkyl halides is 3. The Kier molecular flexibility index (Phi) is 4.93. The number of pyridine rings is 1. The van der Waals surface area contributed by atoms with Crippen LogP contribution in [0.4, 0.5) is 13.2 Å². The van der Waals surface area contributed by atoms with E-state index in [-0.39, 0.29) is 6.04 Å². The average Bonchev–Trinajstić information content (AvgIpc) is 2.42. The van der Waals surface area contributed by atoms with E-state index in [0.717, 1.165) is 42.4 Å². The highest BCUT2D eigenvalue weighted by Gasteiger charge is 2.34. The van der Waals surface area contributed by atoms with Crippen molar-refractivity contribution in [3.8, 4) is 0 Å². The van der Waals surface area contributed by atoms with Crippen LogP contribution < -0.4 is 10.9 Å². The second kappa shape index (κ2) is 6.54. The van der Waals surface area contributed by atoms with E-state index in [1.165, 1.54) is 6.20 Å². The number of carbonyl (C=O) groups excluding carboxylic acids is 1. The van der Waals surface area contributed by atoms with Gasteiger partial charge >= 0.3 is 6.18 Å². The zero-order chi connectivity index (χ0) is 16.3. The molecule has 1 saturated carbocycles. The summed E-state index contributed by atoms with van der Waals surface area (Å²) < 4.78 is 38.8. The standard InChI is InChI=1S/C15H19F3N2O2/c1-10-4-6-11(7-5-10)19-13(21)9-20-8-2-3-12(14(20)22)15(16,17)18/h2-3,8,10-11H,4-7,9H2,1H3,(H,19,21). The van der Waals surface area contributed by atoms with Crippen molar-refractivity contribution in [2.24, 2.45) is 5.92 Å². The predicted octanol–water partition coefficient (Wildman–Crippen LogP) is 2.56. The Morgan fingerprint density at radius 1 is 1.32 bits per heavy atom. The van der Waals surface area contributed by atoms with Crippen molar-refractivity contribution < 1.29 is 18.0 Å². The first-order valence-corrected chi connectivity index (χ1v) is 7.33. The normalized spacial score (nSPS) is 22.4. The van der Waals surface area contributed by atoms with Crippen LogP contribution >= 0.6 is 0 Å². The molecule has 0 unspecified atom stereocenters. The number of halogens is 3. The molecule has 0 aliphatic heterocycles. The minimum atomic E-state index is -4.71. The lowest BCUT2D eigenvalue weighted by Crippen LogP contribution is -2.41. The lowest BCUT2D eigenvalue weighted by atomic mass is 9.87. The number of carbonyl (C=O) groups is 1. The van der Waals surface area contributed by atoms with E-state index in [2.05, 4.69) is 12.2 Å². The van der Waals surface area contributed by atoms with Crippen LogP contribution in [0.1, 0.15) is 38.2 Å². The van der Waals surface area contributed by atoms with E-state index in [9.17, 15) is 22.8 Å². The summed E-state index contributed by atoms with van der Waals surface area (Å²) in [4.78, 5) is 23.7. The summed E-state index contributed by atoms with van der Waals surface area (Å²) in [6.45, 7) is 1.76. The molecule has 4 nitrogen and oxygen atoms in total. The molecule has 0 spiro atoms. The number of rotatable bonds is 3. The van der Waals surface area contributed by atoms with Crippen molar-refractivity contribution in [2.45, 2.75) is 51.4 Å². The van der Waals surface area contributed by atoms with Gasteiger partial charge in [0.15, 0.2) is 0 Å². The summed E-state index contributed by atoms with van der Waals surface area (Å²) >= 11 is 0. The van der Waals surface area contributed by atoms with Gasteiger partial charge in [-0.15, -0.1) is 0 Å². The Balaban J connectivity index is 2.02. The molecule has 0 aromatic carbocycles. The third kappa shape index (κ3) is 4.11. The molecular formula is C15H19F3N2O2. The van der Waals surface area contributed by atoms with Gasteiger partial charge in [-0.25, -0.2) is 0 Å². The molecule has 122 valence electrons. The zero-order valence-electron chi connectivity index (χ0n) is 12.3. The summed E-state index contributed by atoms with van der Waals surface area (Å²) in [6.07, 6.45) is 0.258. The minimum Gasteiger partial charge on any atom is -0.352 e. The van der Waals surface area contributed by atoms with E-state index < -0.39 is 29.8 Å². The van der Waals surface area contributed by atoms with Crippen LogP contribution in [-0.2, 0) is 17.5 Å². The summed E-state index contributed by atoms with van der Waals surface area (Å²) in [7, 11) is 0. The van der Waals surface area contributed by atoms with Crippen molar-refractivity contribution in [2.75, 3.05) is 0 Å². The van der Waals surface area contributed by atoms with Crippen molar-refractivity contribution >= 4 is 5.91 Å². The zero-order valence-corrected chi connectivity index (χ0v) is 12.3. The van der Waals surface area contributed by atoms with Gasteiger partial charge in [0.1, 0.15) is 12.1 Å². The molecule has 0 saturated heterocycles. The summed E-state index contributed by atoms with van der Waals surface area (Å²) in [5, 5.41) is 2.79.